The van der Waals surface area contributed by atoms with E-state index in [4.69, 9.17) is 11.6 Å². The maximum atomic E-state index is 12.9. The minimum absolute atomic E-state index is 0.0912. The van der Waals surface area contributed by atoms with Crippen molar-refractivity contribution in [2.45, 2.75) is 4.90 Å². The summed E-state index contributed by atoms with van der Waals surface area (Å²) in [5.41, 5.74) is 0. The van der Waals surface area contributed by atoms with E-state index in [2.05, 4.69) is 11.3 Å². The van der Waals surface area contributed by atoms with Gasteiger partial charge in [0.15, 0.2) is 0 Å². The van der Waals surface area contributed by atoms with E-state index in [-0.39, 0.29) is 5.02 Å². The SMILES string of the molecule is [CH]OS(=O)(=O)c1ccc(Cl)cc1F. The van der Waals surface area contributed by atoms with Crippen LogP contribution in [0.3, 0.4) is 0 Å². The molecule has 1 rings (SSSR count). The van der Waals surface area contributed by atoms with E-state index >= 15 is 0 Å². The van der Waals surface area contributed by atoms with Crippen molar-refractivity contribution in [3.63, 3.8) is 0 Å². The van der Waals surface area contributed by atoms with Crippen LogP contribution in [0.15, 0.2) is 23.1 Å². The summed E-state index contributed by atoms with van der Waals surface area (Å²) >= 11 is 5.40. The van der Waals surface area contributed by atoms with Crippen LogP contribution in [0.4, 0.5) is 4.39 Å². The van der Waals surface area contributed by atoms with Crippen LogP contribution in [0.25, 0.3) is 0 Å². The van der Waals surface area contributed by atoms with Crippen LogP contribution in [0.2, 0.25) is 5.02 Å². The molecule has 0 aliphatic rings. The van der Waals surface area contributed by atoms with Gasteiger partial charge in [-0.25, -0.2) is 4.39 Å². The summed E-state index contributed by atoms with van der Waals surface area (Å²) in [4.78, 5) is -0.639. The highest BCUT2D eigenvalue weighted by Crippen LogP contribution is 2.20. The maximum Gasteiger partial charge on any atom is 0.300 e. The van der Waals surface area contributed by atoms with Gasteiger partial charge in [0.25, 0.3) is 10.1 Å². The summed E-state index contributed by atoms with van der Waals surface area (Å²) in [6.45, 7) is 0. The van der Waals surface area contributed by atoms with Gasteiger partial charge < -0.3 is 0 Å². The van der Waals surface area contributed by atoms with E-state index in [0.29, 0.717) is 0 Å². The number of halogens is 2. The summed E-state index contributed by atoms with van der Waals surface area (Å²) in [5.74, 6) is -1.00. The Morgan fingerprint density at radius 3 is 2.54 bits per heavy atom. The van der Waals surface area contributed by atoms with Crippen LogP contribution in [-0.4, -0.2) is 8.42 Å². The van der Waals surface area contributed by atoms with E-state index in [9.17, 15) is 12.8 Å². The van der Waals surface area contributed by atoms with Crippen LogP contribution in [0.5, 0.6) is 0 Å². The van der Waals surface area contributed by atoms with E-state index in [1.807, 2.05) is 0 Å². The predicted molar refractivity (Wildman–Crippen MR) is 44.0 cm³/mol. The first kappa shape index (κ1) is 10.4. The second kappa shape index (κ2) is 3.61. The quantitative estimate of drug-likeness (QED) is 0.718. The molecule has 0 N–H and O–H groups in total. The normalized spacial score (nSPS) is 11.6. The molecule has 70 valence electrons. The Morgan fingerprint density at radius 2 is 2.08 bits per heavy atom. The lowest BCUT2D eigenvalue weighted by atomic mass is 10.3. The first-order valence-electron chi connectivity index (χ1n) is 3.06. The van der Waals surface area contributed by atoms with E-state index < -0.39 is 20.8 Å². The van der Waals surface area contributed by atoms with Crippen molar-refractivity contribution in [3.8, 4) is 0 Å². The molecule has 0 amide bonds. The second-order valence-corrected chi connectivity index (χ2v) is 4.10. The Labute approximate surface area is 80.2 Å². The molecule has 0 aliphatic carbocycles. The first-order valence-corrected chi connectivity index (χ1v) is 4.84. The van der Waals surface area contributed by atoms with Gasteiger partial charge in [0, 0.05) is 5.02 Å². The standard InChI is InChI=1S/C7H4ClFO3S/c1-12-13(10,11)7-3-2-5(8)4-6(7)9/h1-4H. The predicted octanol–water partition coefficient (Wildman–Crippen LogP) is 1.85. The van der Waals surface area contributed by atoms with Crippen molar-refractivity contribution in [3.05, 3.63) is 36.1 Å². The third-order valence-corrected chi connectivity index (χ3v) is 2.65. The van der Waals surface area contributed by atoms with Crippen LogP contribution in [0.1, 0.15) is 0 Å². The molecule has 0 atom stereocenters. The van der Waals surface area contributed by atoms with Gasteiger partial charge >= 0.3 is 0 Å². The lowest BCUT2D eigenvalue weighted by molar-refractivity contribution is 0.431. The summed E-state index contributed by atoms with van der Waals surface area (Å²) < 4.78 is 38.4. The van der Waals surface area contributed by atoms with Gasteiger partial charge in [-0.3, -0.25) is 4.18 Å². The number of hydrogen-bond acceptors (Lipinski definition) is 3. The fraction of sp³-hybridized carbons (Fsp3) is 0. The summed E-state index contributed by atoms with van der Waals surface area (Å²) in [6, 6.07) is 3.05. The maximum absolute atomic E-state index is 12.9. The van der Waals surface area contributed by atoms with Crippen LogP contribution < -0.4 is 0 Å². The summed E-state index contributed by atoms with van der Waals surface area (Å²) in [6.07, 6.45) is 0. The average Bonchev–Trinajstić information content (AvgIpc) is 2.03. The molecule has 0 saturated heterocycles. The lowest BCUT2D eigenvalue weighted by Gasteiger charge is -2.01. The molecule has 0 aliphatic heterocycles. The number of hydrogen-bond donors (Lipinski definition) is 0. The molecule has 1 aromatic rings. The highest BCUT2D eigenvalue weighted by Gasteiger charge is 2.18. The molecule has 0 aromatic heterocycles. The Morgan fingerprint density at radius 1 is 1.46 bits per heavy atom. The molecule has 0 fully saturated rings. The minimum atomic E-state index is -4.20. The smallest absolute Gasteiger partial charge is 0.257 e. The molecule has 2 radical (unpaired) electrons. The Hall–Kier alpha value is -0.650. The van der Waals surface area contributed by atoms with Crippen molar-refractivity contribution >= 4 is 21.7 Å². The highest BCUT2D eigenvalue weighted by molar-refractivity contribution is 7.86. The minimum Gasteiger partial charge on any atom is -0.257 e. The molecule has 6 heteroatoms. The molecule has 13 heavy (non-hydrogen) atoms. The topological polar surface area (TPSA) is 43.4 Å². The molecule has 0 bridgehead atoms. The lowest BCUT2D eigenvalue weighted by Crippen LogP contribution is -2.04. The molecule has 0 heterocycles. The Bertz CT molecular complexity index is 416. The van der Waals surface area contributed by atoms with Gasteiger partial charge in [0.1, 0.15) is 17.8 Å². The molecular formula is C7H4ClFO3S. The van der Waals surface area contributed by atoms with Crippen LogP contribution in [-0.2, 0) is 14.3 Å². The highest BCUT2D eigenvalue weighted by atomic mass is 35.5. The van der Waals surface area contributed by atoms with Crippen molar-refractivity contribution < 1.29 is 17.0 Å². The fourth-order valence-corrected chi connectivity index (χ4v) is 1.52. The van der Waals surface area contributed by atoms with Crippen molar-refractivity contribution in [2.24, 2.45) is 0 Å². The molecule has 0 spiro atoms. The number of benzene rings is 1. The number of rotatable bonds is 2. The van der Waals surface area contributed by atoms with Crippen molar-refractivity contribution in [1.29, 1.82) is 0 Å². The van der Waals surface area contributed by atoms with Crippen molar-refractivity contribution in [1.82, 2.24) is 0 Å². The van der Waals surface area contributed by atoms with Crippen LogP contribution >= 0.6 is 11.6 Å². The first-order chi connectivity index (χ1) is 5.97. The zero-order valence-corrected chi connectivity index (χ0v) is 7.77. The molecular weight excluding hydrogens is 219 g/mol. The largest absolute Gasteiger partial charge is 0.300 e. The molecule has 1 aromatic carbocycles. The Balaban J connectivity index is 3.33. The van der Waals surface area contributed by atoms with Crippen LogP contribution in [0, 0.1) is 12.9 Å². The zero-order chi connectivity index (χ0) is 10.1. The van der Waals surface area contributed by atoms with E-state index in [0.717, 1.165) is 12.1 Å². The van der Waals surface area contributed by atoms with Gasteiger partial charge in [0.2, 0.25) is 0 Å². The average molecular weight is 223 g/mol. The van der Waals surface area contributed by atoms with Gasteiger partial charge in [-0.2, -0.15) is 8.42 Å². The zero-order valence-electron chi connectivity index (χ0n) is 6.20. The Kier molecular flexibility index (Phi) is 2.90. The molecule has 0 unspecified atom stereocenters. The fourth-order valence-electron chi connectivity index (χ4n) is 0.730. The van der Waals surface area contributed by atoms with E-state index in [1.165, 1.54) is 6.07 Å². The summed E-state index contributed by atoms with van der Waals surface area (Å²) in [5, 5.41) is 0.0912. The van der Waals surface area contributed by atoms with Gasteiger partial charge in [0.05, 0.1) is 0 Å². The third kappa shape index (κ3) is 2.18. The molecule has 0 saturated carbocycles. The van der Waals surface area contributed by atoms with Gasteiger partial charge in [-0.05, 0) is 18.2 Å². The second-order valence-electron chi connectivity index (χ2n) is 2.13. The third-order valence-electron chi connectivity index (χ3n) is 1.29. The monoisotopic (exact) mass is 222 g/mol. The van der Waals surface area contributed by atoms with E-state index in [1.54, 1.807) is 0 Å². The summed E-state index contributed by atoms with van der Waals surface area (Å²) in [7, 11) is 0.256. The van der Waals surface area contributed by atoms with Gasteiger partial charge in [-0.1, -0.05) is 11.6 Å². The molecule has 3 nitrogen and oxygen atoms in total. The van der Waals surface area contributed by atoms with Gasteiger partial charge in [-0.15, -0.1) is 0 Å². The van der Waals surface area contributed by atoms with Crippen molar-refractivity contribution in [2.75, 3.05) is 0 Å².